The predicted molar refractivity (Wildman–Crippen MR) is 155 cm³/mol. The van der Waals surface area contributed by atoms with Crippen molar-refractivity contribution in [2.45, 2.75) is 89.6 Å². The molecule has 0 spiro atoms. The fraction of sp³-hybridized carbons (Fsp3) is 0.594. The van der Waals surface area contributed by atoms with E-state index >= 15 is 0 Å². The summed E-state index contributed by atoms with van der Waals surface area (Å²) in [6.07, 6.45) is 10.2. The minimum Gasteiger partial charge on any atom is -0.463 e. The number of amides is 2. The van der Waals surface area contributed by atoms with E-state index in [1.165, 1.54) is 0 Å². The first-order valence-electron chi connectivity index (χ1n) is 14.4. The Balaban J connectivity index is 1.98. The highest BCUT2D eigenvalue weighted by Crippen LogP contribution is 2.29. The molecule has 2 amide bonds. The summed E-state index contributed by atoms with van der Waals surface area (Å²) in [5.74, 6) is -1.64. The fourth-order valence-corrected chi connectivity index (χ4v) is 5.13. The van der Waals surface area contributed by atoms with Crippen LogP contribution < -0.4 is 10.6 Å². The molecule has 3 N–H and O–H groups in total. The van der Waals surface area contributed by atoms with Crippen LogP contribution in [0.25, 0.3) is 0 Å². The van der Waals surface area contributed by atoms with Gasteiger partial charge in [0.25, 0.3) is 0 Å². The van der Waals surface area contributed by atoms with E-state index in [1.807, 2.05) is 50.3 Å². The van der Waals surface area contributed by atoms with Gasteiger partial charge >= 0.3 is 5.97 Å². The smallest absolute Gasteiger partial charge is 0.309 e. The Morgan fingerprint density at radius 2 is 1.77 bits per heavy atom. The molecule has 7 heteroatoms. The highest BCUT2D eigenvalue weighted by atomic mass is 16.5. The number of benzene rings is 1. The molecule has 3 atom stereocenters. The number of nitrogens with one attached hydrogen (secondary N) is 2. The molecule has 2 rings (SSSR count). The second kappa shape index (κ2) is 16.9. The summed E-state index contributed by atoms with van der Waals surface area (Å²) in [7, 11) is 0. The zero-order valence-corrected chi connectivity index (χ0v) is 23.8. The number of allylic oxidation sites excluding steroid dienone is 2. The summed E-state index contributed by atoms with van der Waals surface area (Å²) < 4.78 is 5.76. The van der Waals surface area contributed by atoms with Crippen molar-refractivity contribution in [3.63, 3.8) is 0 Å². The van der Waals surface area contributed by atoms with Gasteiger partial charge in [0, 0.05) is 6.42 Å². The van der Waals surface area contributed by atoms with Crippen LogP contribution in [0.15, 0.2) is 55.6 Å². The minimum absolute atomic E-state index is 0.00661. The monoisotopic (exact) mass is 540 g/mol. The van der Waals surface area contributed by atoms with Crippen LogP contribution in [-0.4, -0.2) is 47.7 Å². The maximum atomic E-state index is 13.2. The van der Waals surface area contributed by atoms with Crippen LogP contribution in [0.5, 0.6) is 0 Å². The Morgan fingerprint density at radius 1 is 1.08 bits per heavy atom. The first-order valence-corrected chi connectivity index (χ1v) is 14.4. The largest absolute Gasteiger partial charge is 0.463 e. The van der Waals surface area contributed by atoms with Gasteiger partial charge in [0.2, 0.25) is 11.8 Å². The van der Waals surface area contributed by atoms with Crippen LogP contribution in [0, 0.1) is 17.8 Å². The molecule has 0 unspecified atom stereocenters. The van der Waals surface area contributed by atoms with Crippen molar-refractivity contribution in [2.75, 3.05) is 13.2 Å². The Labute approximate surface area is 234 Å². The second-order valence-corrected chi connectivity index (χ2v) is 11.2. The van der Waals surface area contributed by atoms with E-state index in [0.29, 0.717) is 19.3 Å². The molecular formula is C32H48N2O5. The van der Waals surface area contributed by atoms with Gasteiger partial charge in [-0.2, -0.15) is 0 Å². The van der Waals surface area contributed by atoms with Gasteiger partial charge in [0.05, 0.1) is 30.0 Å². The maximum absolute atomic E-state index is 13.2. The molecule has 1 aromatic rings. The molecular weight excluding hydrogens is 492 g/mol. The van der Waals surface area contributed by atoms with Gasteiger partial charge in [-0.15, -0.1) is 13.2 Å². The minimum atomic E-state index is -0.596. The van der Waals surface area contributed by atoms with Crippen LogP contribution >= 0.6 is 0 Å². The zero-order chi connectivity index (χ0) is 28.7. The first kappa shape index (κ1) is 32.3. The molecule has 0 heterocycles. The van der Waals surface area contributed by atoms with Crippen molar-refractivity contribution in [1.82, 2.24) is 10.6 Å². The van der Waals surface area contributed by atoms with Gasteiger partial charge in [-0.05, 0) is 56.4 Å². The third-order valence-electron chi connectivity index (χ3n) is 7.68. The summed E-state index contributed by atoms with van der Waals surface area (Å²) in [6, 6.07) is 9.51. The van der Waals surface area contributed by atoms with E-state index in [1.54, 1.807) is 6.08 Å². The fourth-order valence-electron chi connectivity index (χ4n) is 5.13. The molecule has 0 aromatic heterocycles. The Bertz CT molecular complexity index is 924. The van der Waals surface area contributed by atoms with E-state index in [9.17, 15) is 19.5 Å². The number of aliphatic hydroxyl groups is 1. The highest BCUT2D eigenvalue weighted by Gasteiger charge is 2.35. The predicted octanol–water partition coefficient (Wildman–Crippen LogP) is 4.89. The van der Waals surface area contributed by atoms with Crippen LogP contribution in [-0.2, 0) is 25.5 Å². The van der Waals surface area contributed by atoms with E-state index < -0.39 is 11.5 Å². The first-order chi connectivity index (χ1) is 18.7. The van der Waals surface area contributed by atoms with Crippen LogP contribution in [0.2, 0.25) is 0 Å². The standard InChI is InChI=1S/C32H48N2O5/c1-5-7-9-17-27(20-25-15-10-8-11-16-25)31(38)39-22-28(24(3)4)33-30(37)26(14-6-2)21-29(36)34-32(23-35)18-12-13-19-32/h5-6,8,10-11,15-16,24,26-28,35H,1-2,7,9,12-14,17-23H2,3-4H3,(H,33,37)(H,34,36)/t26-,27-,28-/m1/s1. The molecule has 0 bridgehead atoms. The Hall–Kier alpha value is -2.93. The van der Waals surface area contributed by atoms with Crippen molar-refractivity contribution < 1.29 is 24.2 Å². The normalized spacial score (nSPS) is 16.6. The van der Waals surface area contributed by atoms with Gasteiger partial charge < -0.3 is 20.5 Å². The molecule has 0 radical (unpaired) electrons. The van der Waals surface area contributed by atoms with E-state index in [0.717, 1.165) is 44.1 Å². The number of carbonyl (C=O) groups is 3. The summed E-state index contributed by atoms with van der Waals surface area (Å²) in [5, 5.41) is 15.8. The van der Waals surface area contributed by atoms with E-state index in [2.05, 4.69) is 23.8 Å². The van der Waals surface area contributed by atoms with Crippen LogP contribution in [0.1, 0.15) is 77.2 Å². The summed E-state index contributed by atoms with van der Waals surface area (Å²) in [6.45, 7) is 11.4. The number of ether oxygens (including phenoxy) is 1. The number of rotatable bonds is 18. The lowest BCUT2D eigenvalue weighted by Gasteiger charge is -2.29. The molecule has 39 heavy (non-hydrogen) atoms. The van der Waals surface area contributed by atoms with Crippen molar-refractivity contribution in [3.05, 3.63) is 61.2 Å². The highest BCUT2D eigenvalue weighted by molar-refractivity contribution is 5.86. The van der Waals surface area contributed by atoms with Crippen molar-refractivity contribution in [1.29, 1.82) is 0 Å². The van der Waals surface area contributed by atoms with Gasteiger partial charge in [-0.3, -0.25) is 14.4 Å². The van der Waals surface area contributed by atoms with E-state index in [-0.39, 0.29) is 55.3 Å². The van der Waals surface area contributed by atoms with Crippen molar-refractivity contribution in [3.8, 4) is 0 Å². The van der Waals surface area contributed by atoms with Gasteiger partial charge in [0.15, 0.2) is 0 Å². The lowest BCUT2D eigenvalue weighted by molar-refractivity contribution is -0.150. The molecule has 0 aliphatic heterocycles. The maximum Gasteiger partial charge on any atom is 0.309 e. The quantitative estimate of drug-likeness (QED) is 0.140. The molecule has 0 saturated heterocycles. The van der Waals surface area contributed by atoms with Crippen molar-refractivity contribution >= 4 is 17.8 Å². The molecule has 1 saturated carbocycles. The lowest BCUT2D eigenvalue weighted by atomic mass is 9.94. The Morgan fingerprint density at radius 3 is 2.36 bits per heavy atom. The third kappa shape index (κ3) is 11.0. The molecule has 1 aliphatic rings. The third-order valence-corrected chi connectivity index (χ3v) is 7.68. The molecule has 1 aliphatic carbocycles. The van der Waals surface area contributed by atoms with Gasteiger partial charge in [0.1, 0.15) is 6.61 Å². The Kier molecular flexibility index (Phi) is 14.0. The SMILES string of the molecule is C=CCCC[C@H](Cc1ccccc1)C(=O)OC[C@@H](NC(=O)[C@H](CC=C)CC(=O)NC1(CO)CCCC1)C(C)C. The summed E-state index contributed by atoms with van der Waals surface area (Å²) >= 11 is 0. The number of hydrogen-bond donors (Lipinski definition) is 3. The van der Waals surface area contributed by atoms with Crippen molar-refractivity contribution in [2.24, 2.45) is 17.8 Å². The molecule has 7 nitrogen and oxygen atoms in total. The molecule has 1 aromatic carbocycles. The number of carbonyl (C=O) groups excluding carboxylic acids is 3. The molecule has 216 valence electrons. The second-order valence-electron chi connectivity index (χ2n) is 11.2. The number of hydrogen-bond acceptors (Lipinski definition) is 5. The lowest BCUT2D eigenvalue weighted by Crippen LogP contribution is -2.51. The summed E-state index contributed by atoms with van der Waals surface area (Å²) in [4.78, 5) is 39.1. The van der Waals surface area contributed by atoms with Gasteiger partial charge in [-0.1, -0.05) is 69.2 Å². The van der Waals surface area contributed by atoms with Crippen LogP contribution in [0.4, 0.5) is 0 Å². The average Bonchev–Trinajstić information content (AvgIpc) is 3.39. The summed E-state index contributed by atoms with van der Waals surface area (Å²) in [5.41, 5.74) is 0.501. The number of esters is 1. The topological polar surface area (TPSA) is 105 Å². The number of unbranched alkanes of at least 4 members (excludes halogenated alkanes) is 1. The molecule has 1 fully saturated rings. The average molecular weight is 541 g/mol. The van der Waals surface area contributed by atoms with E-state index in [4.69, 9.17) is 4.74 Å². The number of aliphatic hydroxyl groups excluding tert-OH is 1. The van der Waals surface area contributed by atoms with Gasteiger partial charge in [-0.25, -0.2) is 0 Å². The van der Waals surface area contributed by atoms with Crippen LogP contribution in [0.3, 0.4) is 0 Å². The zero-order valence-electron chi connectivity index (χ0n) is 23.8.